The van der Waals surface area contributed by atoms with Gasteiger partial charge in [0.1, 0.15) is 5.75 Å². The van der Waals surface area contributed by atoms with Crippen LogP contribution in [0.3, 0.4) is 0 Å². The molecule has 0 saturated heterocycles. The number of hydrogen-bond acceptors (Lipinski definition) is 6. The molecule has 0 fully saturated rings. The van der Waals surface area contributed by atoms with E-state index >= 15 is 0 Å². The van der Waals surface area contributed by atoms with Gasteiger partial charge in [-0.2, -0.15) is 4.98 Å². The summed E-state index contributed by atoms with van der Waals surface area (Å²) in [4.78, 5) is 4.41. The first-order valence-corrected chi connectivity index (χ1v) is 8.21. The van der Waals surface area contributed by atoms with Gasteiger partial charge >= 0.3 is 0 Å². The second-order valence-electron chi connectivity index (χ2n) is 5.54. The lowest BCUT2D eigenvalue weighted by molar-refractivity contribution is 0.414. The molecular weight excluding hydrogens is 354 g/mol. The van der Waals surface area contributed by atoms with Crippen LogP contribution < -0.4 is 4.74 Å². The lowest BCUT2D eigenvalue weighted by Gasteiger charge is -2.05. The van der Waals surface area contributed by atoms with Gasteiger partial charge < -0.3 is 9.26 Å². The van der Waals surface area contributed by atoms with Crippen LogP contribution in [0.2, 0.25) is 5.02 Å². The Kier molecular flexibility index (Phi) is 4.14. The quantitative estimate of drug-likeness (QED) is 0.543. The van der Waals surface area contributed by atoms with Crippen LogP contribution >= 0.6 is 11.6 Å². The third-order valence-electron chi connectivity index (χ3n) is 3.94. The molecule has 2 heterocycles. The van der Waals surface area contributed by atoms with Gasteiger partial charge in [-0.15, -0.1) is 5.10 Å². The van der Waals surface area contributed by atoms with Crippen molar-refractivity contribution < 1.29 is 9.26 Å². The van der Waals surface area contributed by atoms with E-state index in [4.69, 9.17) is 20.9 Å². The summed E-state index contributed by atoms with van der Waals surface area (Å²) in [6, 6.07) is 14.8. The number of ether oxygens (including phenoxy) is 1. The van der Waals surface area contributed by atoms with Crippen LogP contribution in [0.4, 0.5) is 0 Å². The maximum absolute atomic E-state index is 6.19. The lowest BCUT2D eigenvalue weighted by atomic mass is 10.2. The van der Waals surface area contributed by atoms with Crippen molar-refractivity contribution >= 4 is 11.6 Å². The van der Waals surface area contributed by atoms with Crippen molar-refractivity contribution in [2.75, 3.05) is 7.11 Å². The third kappa shape index (κ3) is 2.82. The molecule has 26 heavy (non-hydrogen) atoms. The third-order valence-corrected chi connectivity index (χ3v) is 4.27. The van der Waals surface area contributed by atoms with Crippen molar-refractivity contribution in [1.29, 1.82) is 0 Å². The van der Waals surface area contributed by atoms with Gasteiger partial charge in [0.25, 0.3) is 5.89 Å². The number of nitrogens with zero attached hydrogens (tertiary/aromatic N) is 5. The largest absolute Gasteiger partial charge is 0.497 e. The average molecular weight is 368 g/mol. The minimum atomic E-state index is 0.284. The van der Waals surface area contributed by atoms with E-state index < -0.39 is 0 Å². The summed E-state index contributed by atoms with van der Waals surface area (Å²) in [5.41, 5.74) is 2.81. The first kappa shape index (κ1) is 16.3. The smallest absolute Gasteiger partial charge is 0.280 e. The molecule has 0 N–H and O–H groups in total. The minimum Gasteiger partial charge on any atom is -0.497 e. The summed E-state index contributed by atoms with van der Waals surface area (Å²) in [6.45, 7) is 1.88. The number of hydrogen-bond donors (Lipinski definition) is 0. The summed E-state index contributed by atoms with van der Waals surface area (Å²) >= 11 is 6.19. The zero-order valence-corrected chi connectivity index (χ0v) is 14.8. The van der Waals surface area contributed by atoms with Crippen LogP contribution in [0.15, 0.2) is 53.1 Å². The number of halogens is 1. The van der Waals surface area contributed by atoms with E-state index in [9.17, 15) is 0 Å². The Morgan fingerprint density at radius 2 is 1.96 bits per heavy atom. The monoisotopic (exact) mass is 367 g/mol. The number of rotatable bonds is 4. The predicted molar refractivity (Wildman–Crippen MR) is 96.4 cm³/mol. The molecule has 7 nitrogen and oxygen atoms in total. The zero-order chi connectivity index (χ0) is 18.1. The summed E-state index contributed by atoms with van der Waals surface area (Å²) in [5, 5.41) is 12.9. The maximum Gasteiger partial charge on any atom is 0.280 e. The summed E-state index contributed by atoms with van der Waals surface area (Å²) < 4.78 is 12.3. The molecule has 0 aliphatic carbocycles. The van der Waals surface area contributed by atoms with E-state index in [0.29, 0.717) is 22.1 Å². The Morgan fingerprint density at radius 1 is 1.12 bits per heavy atom. The van der Waals surface area contributed by atoms with E-state index in [1.165, 1.54) is 0 Å². The molecule has 0 radical (unpaired) electrons. The zero-order valence-electron chi connectivity index (χ0n) is 14.0. The summed E-state index contributed by atoms with van der Waals surface area (Å²) in [7, 11) is 1.62. The second kappa shape index (κ2) is 6.61. The van der Waals surface area contributed by atoms with Crippen LogP contribution in [0, 0.1) is 6.92 Å². The molecule has 4 aromatic rings. The highest BCUT2D eigenvalue weighted by molar-refractivity contribution is 6.33. The van der Waals surface area contributed by atoms with Gasteiger partial charge in [-0.05, 0) is 31.2 Å². The molecule has 0 amide bonds. The molecule has 0 saturated carbocycles. The molecule has 0 bridgehead atoms. The molecule has 0 aliphatic rings. The molecule has 4 rings (SSSR count). The van der Waals surface area contributed by atoms with Crippen molar-refractivity contribution in [1.82, 2.24) is 25.1 Å². The van der Waals surface area contributed by atoms with Gasteiger partial charge in [-0.1, -0.05) is 40.2 Å². The number of benzene rings is 2. The predicted octanol–water partition coefficient (Wildman–Crippen LogP) is 3.95. The standard InChI is InChI=1S/C18H14ClN5O2/c1-11-16(21-23-24(11)12-6-5-7-13(10-12)25-2)18-20-17(22-26-18)14-8-3-4-9-15(14)19/h3-10H,1-2H3. The Balaban J connectivity index is 1.72. The second-order valence-corrected chi connectivity index (χ2v) is 5.95. The molecule has 0 aliphatic heterocycles. The fraction of sp³-hybridized carbons (Fsp3) is 0.111. The summed E-state index contributed by atoms with van der Waals surface area (Å²) in [5.74, 6) is 1.42. The number of methoxy groups -OCH3 is 1. The molecular formula is C18H14ClN5O2. The molecule has 130 valence electrons. The molecule has 0 spiro atoms. The van der Waals surface area contributed by atoms with Crippen LogP contribution in [-0.2, 0) is 0 Å². The topological polar surface area (TPSA) is 78.9 Å². The molecule has 0 unspecified atom stereocenters. The number of aromatic nitrogens is 5. The highest BCUT2D eigenvalue weighted by Gasteiger charge is 2.19. The van der Waals surface area contributed by atoms with Gasteiger partial charge in [0.05, 0.1) is 23.5 Å². The van der Waals surface area contributed by atoms with Crippen molar-refractivity contribution in [2.24, 2.45) is 0 Å². The maximum atomic E-state index is 6.19. The highest BCUT2D eigenvalue weighted by atomic mass is 35.5. The van der Waals surface area contributed by atoms with Crippen LogP contribution in [0.25, 0.3) is 28.7 Å². The molecule has 2 aromatic heterocycles. The Hall–Kier alpha value is -3.19. The Bertz CT molecular complexity index is 1070. The van der Waals surface area contributed by atoms with E-state index in [1.54, 1.807) is 17.9 Å². The van der Waals surface area contributed by atoms with Crippen molar-refractivity contribution in [2.45, 2.75) is 6.92 Å². The first-order valence-electron chi connectivity index (χ1n) is 7.83. The Morgan fingerprint density at radius 3 is 2.77 bits per heavy atom. The minimum absolute atomic E-state index is 0.284. The fourth-order valence-corrected chi connectivity index (χ4v) is 2.81. The summed E-state index contributed by atoms with van der Waals surface area (Å²) in [6.07, 6.45) is 0. The van der Waals surface area contributed by atoms with E-state index in [0.717, 1.165) is 17.1 Å². The Labute approximate surface area is 154 Å². The fourth-order valence-electron chi connectivity index (χ4n) is 2.59. The SMILES string of the molecule is COc1cccc(-n2nnc(-c3nc(-c4ccccc4Cl)no3)c2C)c1. The highest BCUT2D eigenvalue weighted by Crippen LogP contribution is 2.28. The van der Waals surface area contributed by atoms with Crippen LogP contribution in [0.1, 0.15) is 5.69 Å². The van der Waals surface area contributed by atoms with E-state index in [1.807, 2.05) is 49.4 Å². The average Bonchev–Trinajstić information content (AvgIpc) is 3.29. The van der Waals surface area contributed by atoms with Gasteiger partial charge in [-0.25, -0.2) is 4.68 Å². The van der Waals surface area contributed by atoms with Gasteiger partial charge in [-0.3, -0.25) is 0 Å². The normalized spacial score (nSPS) is 10.9. The van der Waals surface area contributed by atoms with E-state index in [2.05, 4.69) is 20.5 Å². The van der Waals surface area contributed by atoms with Gasteiger partial charge in [0.15, 0.2) is 5.69 Å². The van der Waals surface area contributed by atoms with Crippen molar-refractivity contribution in [3.63, 3.8) is 0 Å². The van der Waals surface area contributed by atoms with Crippen molar-refractivity contribution in [3.8, 4) is 34.4 Å². The van der Waals surface area contributed by atoms with Gasteiger partial charge in [0.2, 0.25) is 5.82 Å². The van der Waals surface area contributed by atoms with E-state index in [-0.39, 0.29) is 5.89 Å². The lowest BCUT2D eigenvalue weighted by Crippen LogP contribution is -1.99. The van der Waals surface area contributed by atoms with Gasteiger partial charge in [0, 0.05) is 11.6 Å². The van der Waals surface area contributed by atoms with Crippen molar-refractivity contribution in [3.05, 3.63) is 59.2 Å². The molecule has 8 heteroatoms. The van der Waals surface area contributed by atoms with Crippen LogP contribution in [-0.4, -0.2) is 32.2 Å². The molecule has 2 aromatic carbocycles. The molecule has 0 atom stereocenters. The first-order chi connectivity index (χ1) is 12.7. The van der Waals surface area contributed by atoms with Crippen LogP contribution in [0.5, 0.6) is 5.75 Å².